The largest absolute Gasteiger partial charge is 0.493 e. The number of carboxylic acid groups (broad SMARTS) is 1. The van der Waals surface area contributed by atoms with Crippen LogP contribution < -0.4 is 14.2 Å². The number of aromatic carboxylic acids is 1. The minimum atomic E-state index is -0.971. The van der Waals surface area contributed by atoms with Gasteiger partial charge in [-0.25, -0.2) is 9.78 Å². The second kappa shape index (κ2) is 8.55. The number of benzene rings is 2. The highest BCUT2D eigenvalue weighted by molar-refractivity contribution is 7.17. The second-order valence-corrected chi connectivity index (χ2v) is 6.61. The molecule has 0 spiro atoms. The number of aryl methyl sites for hydroxylation is 1. The van der Waals surface area contributed by atoms with Crippen molar-refractivity contribution in [1.29, 1.82) is 0 Å². The Morgan fingerprint density at radius 2 is 1.81 bits per heavy atom. The normalized spacial score (nSPS) is 10.4. The van der Waals surface area contributed by atoms with Crippen LogP contribution in [0.4, 0.5) is 0 Å². The zero-order valence-electron chi connectivity index (χ0n) is 15.0. The van der Waals surface area contributed by atoms with Gasteiger partial charge in [0, 0.05) is 5.56 Å². The van der Waals surface area contributed by atoms with Gasteiger partial charge in [0.1, 0.15) is 28.8 Å². The van der Waals surface area contributed by atoms with Crippen LogP contribution in [0.1, 0.15) is 15.4 Å². The molecule has 0 radical (unpaired) electrons. The molecule has 0 fully saturated rings. The molecule has 0 saturated heterocycles. The minimum absolute atomic E-state index is 0.238. The van der Waals surface area contributed by atoms with Gasteiger partial charge in [-0.05, 0) is 37.3 Å². The molecule has 1 heterocycles. The lowest BCUT2D eigenvalue weighted by atomic mass is 10.2. The van der Waals surface area contributed by atoms with Crippen LogP contribution in [0.5, 0.6) is 17.2 Å². The standard InChI is InChI=1S/C20H19NO5S/c1-13-18(20(22)23)27-19(21-13)14-8-9-16(17(12-14)24-2)26-11-10-25-15-6-4-3-5-7-15/h3-9,12H,10-11H2,1-2H3,(H,22,23). The van der Waals surface area contributed by atoms with Gasteiger partial charge in [-0.2, -0.15) is 0 Å². The van der Waals surface area contributed by atoms with E-state index < -0.39 is 5.97 Å². The molecule has 1 aromatic heterocycles. The maximum Gasteiger partial charge on any atom is 0.347 e. The van der Waals surface area contributed by atoms with Crippen molar-refractivity contribution in [2.24, 2.45) is 0 Å². The summed E-state index contributed by atoms with van der Waals surface area (Å²) >= 11 is 1.14. The van der Waals surface area contributed by atoms with Gasteiger partial charge in [-0.3, -0.25) is 0 Å². The number of carbonyl (C=O) groups is 1. The lowest BCUT2D eigenvalue weighted by Crippen LogP contribution is -2.09. The van der Waals surface area contributed by atoms with Gasteiger partial charge in [-0.15, -0.1) is 11.3 Å². The molecule has 0 bridgehead atoms. The molecule has 0 amide bonds. The number of carboxylic acids is 1. The molecule has 0 saturated carbocycles. The minimum Gasteiger partial charge on any atom is -0.493 e. The van der Waals surface area contributed by atoms with Gasteiger partial charge in [0.2, 0.25) is 0 Å². The monoisotopic (exact) mass is 385 g/mol. The van der Waals surface area contributed by atoms with Gasteiger partial charge in [0.25, 0.3) is 0 Å². The first kappa shape index (κ1) is 18.7. The third-order valence-electron chi connectivity index (χ3n) is 3.75. The zero-order chi connectivity index (χ0) is 19.2. The maximum absolute atomic E-state index is 11.2. The summed E-state index contributed by atoms with van der Waals surface area (Å²) in [7, 11) is 1.56. The van der Waals surface area contributed by atoms with Gasteiger partial charge >= 0.3 is 5.97 Å². The Morgan fingerprint density at radius 1 is 1.07 bits per heavy atom. The molecular formula is C20H19NO5S. The van der Waals surface area contributed by atoms with Crippen molar-refractivity contribution >= 4 is 17.3 Å². The molecule has 0 aliphatic heterocycles. The molecule has 0 atom stereocenters. The van der Waals surface area contributed by atoms with Gasteiger partial charge < -0.3 is 19.3 Å². The average Bonchev–Trinajstić information content (AvgIpc) is 3.08. The first-order chi connectivity index (χ1) is 13.1. The highest BCUT2D eigenvalue weighted by Gasteiger charge is 2.16. The molecule has 3 rings (SSSR count). The van der Waals surface area contributed by atoms with E-state index in [1.165, 1.54) is 0 Å². The molecule has 7 heteroatoms. The highest BCUT2D eigenvalue weighted by Crippen LogP contribution is 2.35. The van der Waals surface area contributed by atoms with E-state index in [-0.39, 0.29) is 4.88 Å². The number of nitrogens with zero attached hydrogens (tertiary/aromatic N) is 1. The summed E-state index contributed by atoms with van der Waals surface area (Å²) < 4.78 is 16.8. The van der Waals surface area contributed by atoms with Crippen LogP contribution in [-0.2, 0) is 0 Å². The molecule has 6 nitrogen and oxygen atoms in total. The Balaban J connectivity index is 1.67. The number of aromatic nitrogens is 1. The average molecular weight is 385 g/mol. The van der Waals surface area contributed by atoms with Crippen molar-refractivity contribution in [1.82, 2.24) is 4.98 Å². The van der Waals surface area contributed by atoms with Crippen molar-refractivity contribution in [2.45, 2.75) is 6.92 Å². The van der Waals surface area contributed by atoms with E-state index in [1.807, 2.05) is 36.4 Å². The SMILES string of the molecule is COc1cc(-c2nc(C)c(C(=O)O)s2)ccc1OCCOc1ccccc1. The predicted molar refractivity (Wildman–Crippen MR) is 103 cm³/mol. The molecule has 1 N–H and O–H groups in total. The summed E-state index contributed by atoms with van der Waals surface area (Å²) in [4.78, 5) is 15.8. The Kier molecular flexibility index (Phi) is 5.93. The van der Waals surface area contributed by atoms with E-state index in [0.717, 1.165) is 22.6 Å². The van der Waals surface area contributed by atoms with Crippen LogP contribution in [0.2, 0.25) is 0 Å². The summed E-state index contributed by atoms with van der Waals surface area (Å²) in [6.45, 7) is 2.46. The van der Waals surface area contributed by atoms with E-state index in [1.54, 1.807) is 26.2 Å². The van der Waals surface area contributed by atoms with Gasteiger partial charge in [0.15, 0.2) is 11.5 Å². The number of thiazole rings is 1. The first-order valence-electron chi connectivity index (χ1n) is 8.28. The number of hydrogen-bond acceptors (Lipinski definition) is 6. The van der Waals surface area contributed by atoms with Crippen LogP contribution in [-0.4, -0.2) is 36.4 Å². The fourth-order valence-corrected chi connectivity index (χ4v) is 3.37. The number of para-hydroxylation sites is 1. The van der Waals surface area contributed by atoms with Crippen molar-refractivity contribution in [3.63, 3.8) is 0 Å². The third kappa shape index (κ3) is 4.57. The number of ether oxygens (including phenoxy) is 3. The smallest absolute Gasteiger partial charge is 0.347 e. The summed E-state index contributed by atoms with van der Waals surface area (Å²) in [5.74, 6) is 0.958. The quantitative estimate of drug-likeness (QED) is 0.583. The molecular weight excluding hydrogens is 366 g/mol. The Morgan fingerprint density at radius 3 is 2.48 bits per heavy atom. The molecule has 27 heavy (non-hydrogen) atoms. The summed E-state index contributed by atoms with van der Waals surface area (Å²) in [6, 6.07) is 14.9. The molecule has 2 aromatic carbocycles. The number of rotatable bonds is 8. The molecule has 0 aliphatic rings. The van der Waals surface area contributed by atoms with Crippen LogP contribution in [0.3, 0.4) is 0 Å². The first-order valence-corrected chi connectivity index (χ1v) is 9.10. The number of hydrogen-bond donors (Lipinski definition) is 1. The lowest BCUT2D eigenvalue weighted by molar-refractivity contribution is 0.0701. The fraction of sp³-hybridized carbons (Fsp3) is 0.200. The van der Waals surface area contributed by atoms with Crippen LogP contribution in [0, 0.1) is 6.92 Å². The van der Waals surface area contributed by atoms with Crippen molar-refractivity contribution in [2.75, 3.05) is 20.3 Å². The molecule has 0 unspecified atom stereocenters. The van der Waals surface area contributed by atoms with Crippen molar-refractivity contribution in [3.05, 3.63) is 59.1 Å². The van der Waals surface area contributed by atoms with E-state index in [2.05, 4.69) is 4.98 Å². The van der Waals surface area contributed by atoms with Crippen molar-refractivity contribution in [3.8, 4) is 27.8 Å². The van der Waals surface area contributed by atoms with E-state index in [0.29, 0.717) is 35.4 Å². The van der Waals surface area contributed by atoms with E-state index >= 15 is 0 Å². The van der Waals surface area contributed by atoms with Crippen molar-refractivity contribution < 1.29 is 24.1 Å². The lowest BCUT2D eigenvalue weighted by Gasteiger charge is -2.12. The summed E-state index contributed by atoms with van der Waals surface area (Å²) in [5, 5.41) is 9.81. The summed E-state index contributed by atoms with van der Waals surface area (Å²) in [5.41, 5.74) is 1.28. The van der Waals surface area contributed by atoms with Crippen LogP contribution in [0.15, 0.2) is 48.5 Å². The Bertz CT molecular complexity index is 923. The zero-order valence-corrected chi connectivity index (χ0v) is 15.8. The topological polar surface area (TPSA) is 77.9 Å². The van der Waals surface area contributed by atoms with Gasteiger partial charge in [0.05, 0.1) is 12.8 Å². The van der Waals surface area contributed by atoms with Gasteiger partial charge in [-0.1, -0.05) is 18.2 Å². The maximum atomic E-state index is 11.2. The Hall–Kier alpha value is -3.06. The molecule has 3 aromatic rings. The summed E-state index contributed by atoms with van der Waals surface area (Å²) in [6.07, 6.45) is 0. The van der Waals surface area contributed by atoms with E-state index in [4.69, 9.17) is 14.2 Å². The number of methoxy groups -OCH3 is 1. The second-order valence-electron chi connectivity index (χ2n) is 5.61. The van der Waals surface area contributed by atoms with Crippen LogP contribution in [0.25, 0.3) is 10.6 Å². The van der Waals surface area contributed by atoms with E-state index in [9.17, 15) is 9.90 Å². The van der Waals surface area contributed by atoms with Crippen LogP contribution >= 0.6 is 11.3 Å². The Labute approximate surface area is 161 Å². The molecule has 140 valence electrons. The fourth-order valence-electron chi connectivity index (χ4n) is 2.47. The predicted octanol–water partition coefficient (Wildman–Crippen LogP) is 4.28. The molecule has 0 aliphatic carbocycles. The third-order valence-corrected chi connectivity index (χ3v) is 4.95. The highest BCUT2D eigenvalue weighted by atomic mass is 32.1.